The minimum Gasteiger partial charge on any atom is -0.497 e. The molecule has 1 aromatic heterocycles. The maximum atomic E-state index is 6.33. The van der Waals surface area contributed by atoms with E-state index >= 15 is 0 Å². The van der Waals surface area contributed by atoms with Gasteiger partial charge in [-0.05, 0) is 43.2 Å². The van der Waals surface area contributed by atoms with E-state index in [2.05, 4.69) is 9.88 Å². The Labute approximate surface area is 147 Å². The predicted molar refractivity (Wildman–Crippen MR) is 97.9 cm³/mol. The third-order valence-electron chi connectivity index (χ3n) is 6.31. The average molecular weight is 337 g/mol. The van der Waals surface area contributed by atoms with Crippen LogP contribution in [0.2, 0.25) is 0 Å². The first-order chi connectivity index (χ1) is 12.2. The summed E-state index contributed by atoms with van der Waals surface area (Å²) in [5.74, 6) is 3.65. The fourth-order valence-corrected chi connectivity index (χ4v) is 5.02. The lowest BCUT2D eigenvalue weighted by atomic mass is 9.60. The van der Waals surface area contributed by atoms with Crippen LogP contribution >= 0.6 is 0 Å². The Kier molecular flexibility index (Phi) is 3.17. The topological polar surface area (TPSA) is 76.6 Å². The molecule has 1 aromatic carbocycles. The predicted octanol–water partition coefficient (Wildman–Crippen LogP) is 2.72. The molecule has 2 heterocycles. The summed E-state index contributed by atoms with van der Waals surface area (Å²) in [6, 6.07) is 5.74. The maximum absolute atomic E-state index is 6.33. The normalized spacial score (nSPS) is 30.9. The second-order valence-electron chi connectivity index (χ2n) is 7.66. The van der Waals surface area contributed by atoms with E-state index in [0.717, 1.165) is 35.1 Å². The molecule has 4 aliphatic rings. The standard InChI is InChI=1S/C19H23N5O/c1-25-14-6-7-15-16(8-14)21-10-17(22-15)24-11-19(23-18(24)20)9-12-2-4-13(19)5-3-12/h6-8,10,12-13H,2-5,9,11H2,1H3,(H2,20,23). The van der Waals surface area contributed by atoms with Crippen LogP contribution in [0.25, 0.3) is 11.0 Å². The third-order valence-corrected chi connectivity index (χ3v) is 6.31. The zero-order chi connectivity index (χ0) is 17.0. The number of rotatable bonds is 2. The highest BCUT2D eigenvalue weighted by Gasteiger charge is 2.51. The van der Waals surface area contributed by atoms with Gasteiger partial charge in [-0.25, -0.2) is 9.98 Å². The number of fused-ring (bicyclic) bond motifs is 3. The van der Waals surface area contributed by atoms with Crippen molar-refractivity contribution in [3.63, 3.8) is 0 Å². The minimum atomic E-state index is 0.00178. The summed E-state index contributed by atoms with van der Waals surface area (Å²) >= 11 is 0. The van der Waals surface area contributed by atoms with E-state index in [4.69, 9.17) is 20.4 Å². The third kappa shape index (κ3) is 2.27. The van der Waals surface area contributed by atoms with E-state index in [1.165, 1.54) is 32.1 Å². The van der Waals surface area contributed by atoms with Gasteiger partial charge in [-0.15, -0.1) is 0 Å². The number of nitrogens with zero attached hydrogens (tertiary/aromatic N) is 4. The molecular weight excluding hydrogens is 314 g/mol. The highest BCUT2D eigenvalue weighted by atomic mass is 16.5. The number of nitrogens with two attached hydrogens (primary N) is 1. The molecule has 3 aliphatic carbocycles. The van der Waals surface area contributed by atoms with Gasteiger partial charge in [0.25, 0.3) is 0 Å². The highest BCUT2D eigenvalue weighted by Crippen LogP contribution is 2.51. The lowest BCUT2D eigenvalue weighted by Gasteiger charge is -2.47. The summed E-state index contributed by atoms with van der Waals surface area (Å²) in [5, 5.41) is 0. The van der Waals surface area contributed by atoms with Crippen LogP contribution in [0.4, 0.5) is 5.82 Å². The van der Waals surface area contributed by atoms with Crippen LogP contribution < -0.4 is 15.4 Å². The van der Waals surface area contributed by atoms with Crippen LogP contribution in [-0.2, 0) is 0 Å². The average Bonchev–Trinajstić information content (AvgIpc) is 2.97. The molecule has 1 spiro atoms. The van der Waals surface area contributed by atoms with Gasteiger partial charge in [-0.1, -0.05) is 12.8 Å². The Morgan fingerprint density at radius 2 is 2.04 bits per heavy atom. The minimum absolute atomic E-state index is 0.00178. The monoisotopic (exact) mass is 337 g/mol. The summed E-state index contributed by atoms with van der Waals surface area (Å²) in [5.41, 5.74) is 8.00. The number of guanidine groups is 1. The Morgan fingerprint density at radius 3 is 2.76 bits per heavy atom. The molecule has 6 nitrogen and oxygen atoms in total. The first-order valence-electron chi connectivity index (χ1n) is 9.10. The van der Waals surface area contributed by atoms with Crippen molar-refractivity contribution in [1.82, 2.24) is 9.97 Å². The summed E-state index contributed by atoms with van der Waals surface area (Å²) in [7, 11) is 1.65. The van der Waals surface area contributed by atoms with Gasteiger partial charge < -0.3 is 10.5 Å². The number of aliphatic imine (C=N–C) groups is 1. The van der Waals surface area contributed by atoms with Crippen molar-refractivity contribution in [2.45, 2.75) is 37.6 Å². The number of aromatic nitrogens is 2. The molecule has 130 valence electrons. The molecule has 3 fully saturated rings. The number of methoxy groups -OCH3 is 1. The van der Waals surface area contributed by atoms with Crippen LogP contribution in [-0.4, -0.2) is 35.1 Å². The van der Waals surface area contributed by atoms with Crippen LogP contribution in [0.5, 0.6) is 5.75 Å². The van der Waals surface area contributed by atoms with E-state index in [1.54, 1.807) is 13.3 Å². The first-order valence-corrected chi connectivity index (χ1v) is 9.10. The second-order valence-corrected chi connectivity index (χ2v) is 7.66. The maximum Gasteiger partial charge on any atom is 0.197 e. The molecule has 0 radical (unpaired) electrons. The molecule has 2 aromatic rings. The zero-order valence-corrected chi connectivity index (χ0v) is 14.5. The van der Waals surface area contributed by atoms with Crippen molar-refractivity contribution in [3.05, 3.63) is 24.4 Å². The molecule has 1 unspecified atom stereocenters. The van der Waals surface area contributed by atoms with Crippen LogP contribution in [0.15, 0.2) is 29.4 Å². The Balaban J connectivity index is 1.48. The van der Waals surface area contributed by atoms with Crippen molar-refractivity contribution < 1.29 is 4.74 Å². The van der Waals surface area contributed by atoms with Gasteiger partial charge in [0.05, 0.1) is 36.4 Å². The number of hydrogen-bond donors (Lipinski definition) is 1. The van der Waals surface area contributed by atoms with Crippen molar-refractivity contribution in [2.24, 2.45) is 22.6 Å². The SMILES string of the molecule is COc1ccc2nc(N3CC4(CC5CCC4CC5)N=C3N)cnc2c1. The number of anilines is 1. The van der Waals surface area contributed by atoms with Crippen molar-refractivity contribution in [3.8, 4) is 5.75 Å². The molecule has 6 rings (SSSR count). The van der Waals surface area contributed by atoms with Gasteiger partial charge in [0.15, 0.2) is 11.8 Å². The van der Waals surface area contributed by atoms with E-state index < -0.39 is 0 Å². The van der Waals surface area contributed by atoms with Gasteiger partial charge in [-0.3, -0.25) is 9.88 Å². The number of hydrogen-bond acceptors (Lipinski definition) is 6. The quantitative estimate of drug-likeness (QED) is 0.912. The molecule has 2 bridgehead atoms. The zero-order valence-electron chi connectivity index (χ0n) is 14.5. The van der Waals surface area contributed by atoms with Gasteiger partial charge in [-0.2, -0.15) is 0 Å². The molecular formula is C19H23N5O. The van der Waals surface area contributed by atoms with E-state index in [1.807, 2.05) is 18.2 Å². The summed E-state index contributed by atoms with van der Waals surface area (Å²) in [6.07, 6.45) is 8.27. The van der Waals surface area contributed by atoms with Crippen LogP contribution in [0, 0.1) is 11.8 Å². The summed E-state index contributed by atoms with van der Waals surface area (Å²) in [6.45, 7) is 0.844. The fraction of sp³-hybridized carbons (Fsp3) is 0.526. The largest absolute Gasteiger partial charge is 0.497 e. The van der Waals surface area contributed by atoms with Crippen LogP contribution in [0.3, 0.4) is 0 Å². The van der Waals surface area contributed by atoms with Crippen molar-refractivity contribution >= 4 is 22.8 Å². The van der Waals surface area contributed by atoms with Gasteiger partial charge in [0.1, 0.15) is 5.75 Å². The van der Waals surface area contributed by atoms with E-state index in [-0.39, 0.29) is 5.54 Å². The Bertz CT molecular complexity index is 858. The van der Waals surface area contributed by atoms with Gasteiger partial charge in [0, 0.05) is 6.07 Å². The van der Waals surface area contributed by atoms with Gasteiger partial charge >= 0.3 is 0 Å². The van der Waals surface area contributed by atoms with Crippen molar-refractivity contribution in [2.75, 3.05) is 18.6 Å². The van der Waals surface area contributed by atoms with Crippen LogP contribution in [0.1, 0.15) is 32.1 Å². The molecule has 3 saturated carbocycles. The molecule has 0 amide bonds. The summed E-state index contributed by atoms with van der Waals surface area (Å²) in [4.78, 5) is 16.3. The van der Waals surface area contributed by atoms with E-state index in [9.17, 15) is 0 Å². The smallest absolute Gasteiger partial charge is 0.197 e. The molecule has 6 heteroatoms. The first kappa shape index (κ1) is 14.9. The number of ether oxygens (including phenoxy) is 1. The van der Waals surface area contributed by atoms with Gasteiger partial charge in [0.2, 0.25) is 0 Å². The molecule has 2 N–H and O–H groups in total. The van der Waals surface area contributed by atoms with Crippen molar-refractivity contribution in [1.29, 1.82) is 0 Å². The highest BCUT2D eigenvalue weighted by molar-refractivity contribution is 5.97. The summed E-state index contributed by atoms with van der Waals surface area (Å²) < 4.78 is 5.26. The lowest BCUT2D eigenvalue weighted by Crippen LogP contribution is -2.49. The molecule has 25 heavy (non-hydrogen) atoms. The lowest BCUT2D eigenvalue weighted by molar-refractivity contribution is 0.0830. The van der Waals surface area contributed by atoms with E-state index in [0.29, 0.717) is 11.9 Å². The molecule has 0 saturated heterocycles. The Hall–Kier alpha value is -2.37. The second kappa shape index (κ2) is 5.31. The Morgan fingerprint density at radius 1 is 1.20 bits per heavy atom. The number of benzene rings is 1. The molecule has 1 atom stereocenters. The molecule has 1 aliphatic heterocycles. The fourth-order valence-electron chi connectivity index (χ4n) is 5.02.